The van der Waals surface area contributed by atoms with E-state index in [4.69, 9.17) is 0 Å². The maximum atomic E-state index is 12.9. The van der Waals surface area contributed by atoms with Crippen molar-refractivity contribution in [3.8, 4) is 5.75 Å². The number of rotatable bonds is 7. The van der Waals surface area contributed by atoms with Crippen LogP contribution in [0, 0.1) is 0 Å². The second kappa shape index (κ2) is 11.6. The Hall–Kier alpha value is -2.67. The number of phenols is 1. The summed E-state index contributed by atoms with van der Waals surface area (Å²) in [6, 6.07) is 16.9. The van der Waals surface area contributed by atoms with Gasteiger partial charge in [0.05, 0.1) is 6.04 Å². The van der Waals surface area contributed by atoms with Crippen LogP contribution in [0.15, 0.2) is 61.2 Å². The lowest BCUT2D eigenvalue weighted by Crippen LogP contribution is -2.48. The Morgan fingerprint density at radius 3 is 2.50 bits per heavy atom. The van der Waals surface area contributed by atoms with Crippen molar-refractivity contribution < 1.29 is 9.90 Å². The van der Waals surface area contributed by atoms with Crippen LogP contribution >= 0.6 is 0 Å². The second-order valence-corrected chi connectivity index (χ2v) is 10.6. The van der Waals surface area contributed by atoms with Crippen molar-refractivity contribution in [2.75, 3.05) is 32.7 Å². The fourth-order valence-corrected chi connectivity index (χ4v) is 6.42. The minimum atomic E-state index is -0.0407. The molecule has 6 nitrogen and oxygen atoms in total. The summed E-state index contributed by atoms with van der Waals surface area (Å²) in [4.78, 5) is 18.1. The molecule has 1 amide bonds. The molecule has 5 rings (SSSR count). The van der Waals surface area contributed by atoms with Gasteiger partial charge in [0.15, 0.2) is 0 Å². The first kappa shape index (κ1) is 25.0. The van der Waals surface area contributed by atoms with Gasteiger partial charge in [-0.1, -0.05) is 43.2 Å². The Labute approximate surface area is 215 Å². The first-order valence-corrected chi connectivity index (χ1v) is 13.7. The molecule has 3 saturated heterocycles. The number of fused-ring (bicyclic) bond motifs is 2. The van der Waals surface area contributed by atoms with Crippen molar-refractivity contribution in [2.24, 2.45) is 0 Å². The van der Waals surface area contributed by atoms with Gasteiger partial charge < -0.3 is 5.11 Å². The highest BCUT2D eigenvalue weighted by Crippen LogP contribution is 2.36. The quantitative estimate of drug-likeness (QED) is 0.552. The van der Waals surface area contributed by atoms with Crippen LogP contribution in [0.5, 0.6) is 5.75 Å². The zero-order valence-corrected chi connectivity index (χ0v) is 21.3. The first-order valence-electron chi connectivity index (χ1n) is 13.7. The highest BCUT2D eigenvalue weighted by molar-refractivity contribution is 5.93. The Kier molecular flexibility index (Phi) is 8.05. The predicted molar refractivity (Wildman–Crippen MR) is 144 cm³/mol. The Bertz CT molecular complexity index is 1030. The van der Waals surface area contributed by atoms with E-state index < -0.39 is 0 Å². The van der Waals surface area contributed by atoms with Crippen molar-refractivity contribution in [1.29, 1.82) is 0 Å². The van der Waals surface area contributed by atoms with Crippen LogP contribution in [0.25, 0.3) is 0 Å². The molecule has 192 valence electrons. The molecule has 0 saturated carbocycles. The van der Waals surface area contributed by atoms with E-state index in [2.05, 4.69) is 40.0 Å². The van der Waals surface area contributed by atoms with E-state index in [0.717, 1.165) is 63.1 Å². The van der Waals surface area contributed by atoms with Gasteiger partial charge in [-0.15, -0.1) is 6.58 Å². The van der Waals surface area contributed by atoms with Crippen molar-refractivity contribution in [3.63, 3.8) is 0 Å². The lowest BCUT2D eigenvalue weighted by molar-refractivity contribution is 0.0750. The predicted octanol–water partition coefficient (Wildman–Crippen LogP) is 4.73. The molecular weight excluding hydrogens is 448 g/mol. The number of aromatic hydroxyl groups is 1. The molecule has 3 aliphatic heterocycles. The summed E-state index contributed by atoms with van der Waals surface area (Å²) < 4.78 is 0. The molecule has 36 heavy (non-hydrogen) atoms. The molecule has 2 N–H and O–H groups in total. The second-order valence-electron chi connectivity index (χ2n) is 10.6. The van der Waals surface area contributed by atoms with Gasteiger partial charge in [0.2, 0.25) is 0 Å². The van der Waals surface area contributed by atoms with Crippen LogP contribution in [-0.4, -0.2) is 70.6 Å². The summed E-state index contributed by atoms with van der Waals surface area (Å²) in [5, 5.41) is 12.3. The summed E-state index contributed by atoms with van der Waals surface area (Å²) in [6.45, 7) is 8.79. The largest absolute Gasteiger partial charge is 0.508 e. The lowest BCUT2D eigenvalue weighted by atomic mass is 9.94. The Morgan fingerprint density at radius 1 is 0.972 bits per heavy atom. The van der Waals surface area contributed by atoms with E-state index in [1.165, 1.54) is 25.7 Å². The molecule has 0 spiro atoms. The van der Waals surface area contributed by atoms with Crippen LogP contribution in [0.3, 0.4) is 0 Å². The zero-order valence-electron chi connectivity index (χ0n) is 21.3. The monoisotopic (exact) mass is 488 g/mol. The zero-order chi connectivity index (χ0) is 24.9. The number of carbonyl (C=O) groups is 1. The summed E-state index contributed by atoms with van der Waals surface area (Å²) >= 11 is 0. The molecule has 2 aromatic carbocycles. The lowest BCUT2D eigenvalue weighted by Gasteiger charge is -2.41. The first-order chi connectivity index (χ1) is 17.6. The van der Waals surface area contributed by atoms with E-state index in [1.807, 2.05) is 35.4 Å². The Morgan fingerprint density at radius 2 is 1.75 bits per heavy atom. The standard InChI is InChI=1S/C30H40N4O2/c1-2-17-34-26-9-7-10-27(34)22-32(20-16-26)29(25-8-6-11-28(35)21-25)23-12-14-24(15-13-23)30(36)31-33-18-4-3-5-19-33/h2,6,8,11-15,21,26-27,29,35H,1,3-5,7,9-10,16-20,22H2,(H,31,36). The molecule has 3 fully saturated rings. The maximum Gasteiger partial charge on any atom is 0.265 e. The number of hydrogen-bond acceptors (Lipinski definition) is 5. The number of nitrogens with one attached hydrogen (secondary N) is 1. The van der Waals surface area contributed by atoms with Gasteiger partial charge in [-0.25, -0.2) is 5.01 Å². The highest BCUT2D eigenvalue weighted by Gasteiger charge is 2.36. The summed E-state index contributed by atoms with van der Waals surface area (Å²) in [6.07, 6.45) is 10.4. The van der Waals surface area contributed by atoms with Crippen LogP contribution in [0.1, 0.15) is 72.5 Å². The van der Waals surface area contributed by atoms with Gasteiger partial charge in [-0.2, -0.15) is 0 Å². The van der Waals surface area contributed by atoms with Gasteiger partial charge in [0.1, 0.15) is 5.75 Å². The number of hydrazine groups is 1. The van der Waals surface area contributed by atoms with E-state index >= 15 is 0 Å². The van der Waals surface area contributed by atoms with Crippen LogP contribution in [0.4, 0.5) is 0 Å². The van der Waals surface area contributed by atoms with Gasteiger partial charge >= 0.3 is 0 Å². The molecule has 2 aromatic rings. The molecular formula is C30H40N4O2. The minimum absolute atomic E-state index is 0.0289. The number of benzene rings is 2. The maximum absolute atomic E-state index is 12.9. The van der Waals surface area contributed by atoms with E-state index in [0.29, 0.717) is 17.6 Å². The summed E-state index contributed by atoms with van der Waals surface area (Å²) in [7, 11) is 0. The fourth-order valence-electron chi connectivity index (χ4n) is 6.42. The van der Waals surface area contributed by atoms with Crippen LogP contribution in [-0.2, 0) is 0 Å². The van der Waals surface area contributed by atoms with E-state index in [1.54, 1.807) is 6.07 Å². The third-order valence-electron chi connectivity index (χ3n) is 8.20. The van der Waals surface area contributed by atoms with Gasteiger partial charge in [-0.3, -0.25) is 20.0 Å². The molecule has 3 heterocycles. The average Bonchev–Trinajstić information content (AvgIpc) is 2.98. The van der Waals surface area contributed by atoms with Crippen LogP contribution < -0.4 is 5.43 Å². The summed E-state index contributed by atoms with van der Waals surface area (Å²) in [5.74, 6) is 0.248. The Balaban J connectivity index is 1.40. The van der Waals surface area contributed by atoms with Gasteiger partial charge in [-0.05, 0) is 67.5 Å². The molecule has 0 aliphatic carbocycles. The highest BCUT2D eigenvalue weighted by atomic mass is 16.3. The molecule has 3 unspecified atom stereocenters. The molecule has 6 heteroatoms. The SMILES string of the molecule is C=CCN1C2CCCC1CN(C(c1ccc(C(=O)NN3CCCCC3)cc1)c1cccc(O)c1)CC2. The van der Waals surface area contributed by atoms with Crippen molar-refractivity contribution >= 4 is 5.91 Å². The topological polar surface area (TPSA) is 59.0 Å². The van der Waals surface area contributed by atoms with Gasteiger partial charge in [0.25, 0.3) is 5.91 Å². The third kappa shape index (κ3) is 5.66. The minimum Gasteiger partial charge on any atom is -0.508 e. The average molecular weight is 489 g/mol. The van der Waals surface area contributed by atoms with Gasteiger partial charge in [0, 0.05) is 50.4 Å². The number of hydrogen-bond donors (Lipinski definition) is 2. The van der Waals surface area contributed by atoms with Crippen LogP contribution in [0.2, 0.25) is 0 Å². The van der Waals surface area contributed by atoms with Crippen molar-refractivity contribution in [1.82, 2.24) is 20.2 Å². The van der Waals surface area contributed by atoms with Crippen molar-refractivity contribution in [3.05, 3.63) is 77.9 Å². The van der Waals surface area contributed by atoms with E-state index in [9.17, 15) is 9.90 Å². The smallest absolute Gasteiger partial charge is 0.265 e. The molecule has 0 radical (unpaired) electrons. The van der Waals surface area contributed by atoms with E-state index in [-0.39, 0.29) is 17.7 Å². The molecule has 3 atom stereocenters. The number of nitrogens with zero attached hydrogens (tertiary/aromatic N) is 3. The third-order valence-corrected chi connectivity index (χ3v) is 8.20. The number of amides is 1. The normalized spacial score (nSPS) is 24.6. The number of carbonyl (C=O) groups excluding carboxylic acids is 1. The molecule has 2 bridgehead atoms. The van der Waals surface area contributed by atoms with Crippen molar-refractivity contribution in [2.45, 2.75) is 63.1 Å². The fraction of sp³-hybridized carbons (Fsp3) is 0.500. The summed E-state index contributed by atoms with van der Waals surface area (Å²) in [5.41, 5.74) is 6.00. The number of piperidine rings is 2. The molecule has 3 aliphatic rings. The number of phenolic OH excluding ortho intramolecular Hbond substituents is 1. The molecule has 0 aromatic heterocycles.